The van der Waals surface area contributed by atoms with Crippen LogP contribution < -0.4 is 11.1 Å². The molecular weight excluding hydrogens is 212 g/mol. The predicted molar refractivity (Wildman–Crippen MR) is 67.2 cm³/mol. The summed E-state index contributed by atoms with van der Waals surface area (Å²) < 4.78 is 0. The second-order valence-electron chi connectivity index (χ2n) is 4.67. The average molecular weight is 237 g/mol. The van der Waals surface area contributed by atoms with Crippen molar-refractivity contribution in [3.63, 3.8) is 0 Å². The zero-order chi connectivity index (χ0) is 11.4. The number of nitrogens with two attached hydrogens (primary N) is 1. The highest BCUT2D eigenvalue weighted by Gasteiger charge is 2.28. The Kier molecular flexibility index (Phi) is 8.07. The predicted octanol–water partition coefficient (Wildman–Crippen LogP) is 2.09. The molecule has 2 unspecified atom stereocenters. The molecule has 0 fully saturated rings. The number of nitrogens with one attached hydrogen (secondary N) is 1. The van der Waals surface area contributed by atoms with E-state index < -0.39 is 5.54 Å². The van der Waals surface area contributed by atoms with Crippen molar-refractivity contribution in [2.24, 2.45) is 11.7 Å². The Bertz CT molecular complexity index is 193. The number of rotatable bonds is 5. The van der Waals surface area contributed by atoms with Crippen LogP contribution in [0.25, 0.3) is 0 Å². The van der Waals surface area contributed by atoms with Crippen molar-refractivity contribution < 1.29 is 4.79 Å². The fourth-order valence-electron chi connectivity index (χ4n) is 1.17. The summed E-state index contributed by atoms with van der Waals surface area (Å²) in [5, 5.41) is 2.94. The first-order chi connectivity index (χ1) is 6.31. The van der Waals surface area contributed by atoms with Crippen LogP contribution in [0, 0.1) is 5.92 Å². The van der Waals surface area contributed by atoms with E-state index in [0.717, 1.165) is 12.8 Å². The van der Waals surface area contributed by atoms with Gasteiger partial charge >= 0.3 is 0 Å². The maximum absolute atomic E-state index is 11.7. The van der Waals surface area contributed by atoms with Gasteiger partial charge in [0.1, 0.15) is 0 Å². The van der Waals surface area contributed by atoms with E-state index in [1.807, 2.05) is 13.8 Å². The van der Waals surface area contributed by atoms with E-state index in [-0.39, 0.29) is 24.4 Å². The number of carbonyl (C=O) groups excluding carboxylic acids is 1. The summed E-state index contributed by atoms with van der Waals surface area (Å²) in [5.74, 6) is 0.400. The van der Waals surface area contributed by atoms with Crippen LogP contribution in [0.1, 0.15) is 47.5 Å². The SMILES string of the molecule is CCCC(C)(N)C(=O)NC(C)C(C)C.Cl. The van der Waals surface area contributed by atoms with Gasteiger partial charge in [0.25, 0.3) is 0 Å². The van der Waals surface area contributed by atoms with Crippen LogP contribution in [-0.4, -0.2) is 17.5 Å². The van der Waals surface area contributed by atoms with Gasteiger partial charge in [-0.2, -0.15) is 0 Å². The molecule has 2 atom stereocenters. The van der Waals surface area contributed by atoms with E-state index in [4.69, 9.17) is 5.73 Å². The van der Waals surface area contributed by atoms with E-state index in [9.17, 15) is 4.79 Å². The minimum atomic E-state index is -0.724. The molecule has 0 saturated carbocycles. The Labute approximate surface area is 99.6 Å². The molecule has 0 saturated heterocycles. The van der Waals surface area contributed by atoms with Crippen molar-refractivity contribution in [3.8, 4) is 0 Å². The maximum Gasteiger partial charge on any atom is 0.240 e. The molecule has 0 rings (SSSR count). The van der Waals surface area contributed by atoms with E-state index >= 15 is 0 Å². The highest BCUT2D eigenvalue weighted by atomic mass is 35.5. The van der Waals surface area contributed by atoms with Gasteiger partial charge in [-0.05, 0) is 26.2 Å². The summed E-state index contributed by atoms with van der Waals surface area (Å²) in [7, 11) is 0. The van der Waals surface area contributed by atoms with E-state index in [0.29, 0.717) is 5.92 Å². The normalized spacial score (nSPS) is 16.5. The van der Waals surface area contributed by atoms with Gasteiger partial charge in [0.2, 0.25) is 5.91 Å². The average Bonchev–Trinajstić information content (AvgIpc) is 2.03. The lowest BCUT2D eigenvalue weighted by molar-refractivity contribution is -0.126. The zero-order valence-corrected chi connectivity index (χ0v) is 11.3. The Balaban J connectivity index is 0. The second-order valence-corrected chi connectivity index (χ2v) is 4.67. The Morgan fingerprint density at radius 3 is 2.20 bits per heavy atom. The summed E-state index contributed by atoms with van der Waals surface area (Å²) >= 11 is 0. The molecular formula is C11H25ClN2O. The van der Waals surface area contributed by atoms with Crippen molar-refractivity contribution >= 4 is 18.3 Å². The number of carbonyl (C=O) groups is 1. The van der Waals surface area contributed by atoms with Gasteiger partial charge < -0.3 is 11.1 Å². The quantitative estimate of drug-likeness (QED) is 0.768. The molecule has 3 N–H and O–H groups in total. The van der Waals surface area contributed by atoms with Crippen LogP contribution in [-0.2, 0) is 4.79 Å². The summed E-state index contributed by atoms with van der Waals surface area (Å²) in [6.45, 7) is 9.99. The van der Waals surface area contributed by atoms with Crippen LogP contribution in [0.5, 0.6) is 0 Å². The first-order valence-corrected chi connectivity index (χ1v) is 5.41. The van der Waals surface area contributed by atoms with Crippen LogP contribution >= 0.6 is 12.4 Å². The first-order valence-electron chi connectivity index (χ1n) is 5.41. The van der Waals surface area contributed by atoms with Crippen molar-refractivity contribution in [2.45, 2.75) is 59.0 Å². The lowest BCUT2D eigenvalue weighted by Crippen LogP contribution is -2.54. The summed E-state index contributed by atoms with van der Waals surface area (Å²) in [6, 6.07) is 0.183. The fraction of sp³-hybridized carbons (Fsp3) is 0.909. The van der Waals surface area contributed by atoms with Crippen molar-refractivity contribution in [1.29, 1.82) is 0 Å². The number of halogens is 1. The molecule has 0 aromatic rings. The Hall–Kier alpha value is -0.280. The van der Waals surface area contributed by atoms with Gasteiger partial charge in [0.05, 0.1) is 5.54 Å². The smallest absolute Gasteiger partial charge is 0.240 e. The van der Waals surface area contributed by atoms with Gasteiger partial charge in [-0.15, -0.1) is 12.4 Å². The van der Waals surface area contributed by atoms with E-state index in [1.54, 1.807) is 6.92 Å². The van der Waals surface area contributed by atoms with E-state index in [2.05, 4.69) is 19.2 Å². The van der Waals surface area contributed by atoms with Gasteiger partial charge in [-0.25, -0.2) is 0 Å². The first kappa shape index (κ1) is 17.1. The van der Waals surface area contributed by atoms with Crippen LogP contribution in [0.15, 0.2) is 0 Å². The zero-order valence-electron chi connectivity index (χ0n) is 10.5. The van der Waals surface area contributed by atoms with Crippen molar-refractivity contribution in [2.75, 3.05) is 0 Å². The standard InChI is InChI=1S/C11H24N2O.ClH/c1-6-7-11(5,12)10(14)13-9(4)8(2)3;/h8-9H,6-7,12H2,1-5H3,(H,13,14);1H. The third-order valence-corrected chi connectivity index (χ3v) is 2.65. The molecule has 0 heterocycles. The van der Waals surface area contributed by atoms with Crippen molar-refractivity contribution in [3.05, 3.63) is 0 Å². The third-order valence-electron chi connectivity index (χ3n) is 2.65. The summed E-state index contributed by atoms with van der Waals surface area (Å²) in [4.78, 5) is 11.7. The van der Waals surface area contributed by atoms with E-state index in [1.165, 1.54) is 0 Å². The molecule has 3 nitrogen and oxygen atoms in total. The number of hydrogen-bond donors (Lipinski definition) is 2. The largest absolute Gasteiger partial charge is 0.352 e. The molecule has 0 spiro atoms. The third kappa shape index (κ3) is 6.00. The lowest BCUT2D eigenvalue weighted by atomic mass is 9.95. The van der Waals surface area contributed by atoms with Crippen LogP contribution in [0.4, 0.5) is 0 Å². The molecule has 0 aromatic heterocycles. The molecule has 0 aliphatic heterocycles. The minimum Gasteiger partial charge on any atom is -0.352 e. The molecule has 0 bridgehead atoms. The summed E-state index contributed by atoms with van der Waals surface area (Å²) in [6.07, 6.45) is 1.65. The number of amides is 1. The number of hydrogen-bond acceptors (Lipinski definition) is 2. The monoisotopic (exact) mass is 236 g/mol. The fourth-order valence-corrected chi connectivity index (χ4v) is 1.17. The van der Waals surface area contributed by atoms with Crippen LogP contribution in [0.3, 0.4) is 0 Å². The van der Waals surface area contributed by atoms with Crippen LogP contribution in [0.2, 0.25) is 0 Å². The van der Waals surface area contributed by atoms with Crippen molar-refractivity contribution in [1.82, 2.24) is 5.32 Å². The molecule has 15 heavy (non-hydrogen) atoms. The maximum atomic E-state index is 11.7. The molecule has 0 aromatic carbocycles. The highest BCUT2D eigenvalue weighted by molar-refractivity contribution is 5.86. The topological polar surface area (TPSA) is 55.1 Å². The molecule has 0 aliphatic rings. The summed E-state index contributed by atoms with van der Waals surface area (Å²) in [5.41, 5.74) is 5.18. The molecule has 0 radical (unpaired) electrons. The minimum absolute atomic E-state index is 0. The van der Waals surface area contributed by atoms with Gasteiger partial charge in [0.15, 0.2) is 0 Å². The molecule has 0 aliphatic carbocycles. The van der Waals surface area contributed by atoms with Gasteiger partial charge in [-0.3, -0.25) is 4.79 Å². The highest BCUT2D eigenvalue weighted by Crippen LogP contribution is 2.10. The Morgan fingerprint density at radius 2 is 1.87 bits per heavy atom. The molecule has 1 amide bonds. The van der Waals surface area contributed by atoms with Gasteiger partial charge in [-0.1, -0.05) is 27.2 Å². The molecule has 92 valence electrons. The van der Waals surface area contributed by atoms with Gasteiger partial charge in [0, 0.05) is 6.04 Å². The second kappa shape index (κ2) is 7.07. The molecule has 4 heteroatoms. The Morgan fingerprint density at radius 1 is 1.40 bits per heavy atom. The lowest BCUT2D eigenvalue weighted by Gasteiger charge is -2.26.